The molecule has 1 fully saturated rings. The first-order valence-corrected chi connectivity index (χ1v) is 5.48. The smallest absolute Gasteiger partial charge is 0.313 e. The quantitative estimate of drug-likeness (QED) is 0.639. The van der Waals surface area contributed by atoms with Crippen molar-refractivity contribution in [3.63, 3.8) is 0 Å². The summed E-state index contributed by atoms with van der Waals surface area (Å²) in [6.07, 6.45) is 3.11. The van der Waals surface area contributed by atoms with Gasteiger partial charge in [-0.05, 0) is 12.1 Å². The Morgan fingerprint density at radius 2 is 2.12 bits per heavy atom. The molecular weight excluding hydrogens is 220 g/mol. The second-order valence-corrected chi connectivity index (χ2v) is 3.74. The number of hydrogen-bond acceptors (Lipinski definition) is 4. The van der Waals surface area contributed by atoms with Gasteiger partial charge in [0.05, 0.1) is 11.9 Å². The van der Waals surface area contributed by atoms with Crippen LogP contribution in [0.15, 0.2) is 24.5 Å². The summed E-state index contributed by atoms with van der Waals surface area (Å²) >= 11 is 0. The van der Waals surface area contributed by atoms with Crippen molar-refractivity contribution in [3.05, 3.63) is 24.5 Å². The SMILES string of the molecule is O=C(Nc1cccnc1)C(=O)N1CCNCC1. The lowest BCUT2D eigenvalue weighted by molar-refractivity contribution is -0.143. The standard InChI is InChI=1S/C11H14N4O2/c16-10(14-9-2-1-3-13-8-9)11(17)15-6-4-12-5-7-15/h1-3,8,12H,4-7H2,(H,14,16). The average Bonchev–Trinajstić information content (AvgIpc) is 2.40. The van der Waals surface area contributed by atoms with Gasteiger partial charge < -0.3 is 15.5 Å². The van der Waals surface area contributed by atoms with Gasteiger partial charge in [0.1, 0.15) is 0 Å². The van der Waals surface area contributed by atoms with Crippen molar-refractivity contribution < 1.29 is 9.59 Å². The highest BCUT2D eigenvalue weighted by Gasteiger charge is 2.22. The number of carbonyl (C=O) groups is 2. The molecule has 6 nitrogen and oxygen atoms in total. The molecule has 2 N–H and O–H groups in total. The molecule has 0 unspecified atom stereocenters. The molecule has 1 aliphatic heterocycles. The third-order valence-corrected chi connectivity index (χ3v) is 2.52. The Labute approximate surface area is 99.0 Å². The fourth-order valence-electron chi connectivity index (χ4n) is 1.63. The topological polar surface area (TPSA) is 74.3 Å². The maximum Gasteiger partial charge on any atom is 0.313 e. The molecule has 1 saturated heterocycles. The van der Waals surface area contributed by atoms with Crippen molar-refractivity contribution in [1.82, 2.24) is 15.2 Å². The second kappa shape index (κ2) is 5.40. The van der Waals surface area contributed by atoms with Crippen molar-refractivity contribution in [2.75, 3.05) is 31.5 Å². The highest BCUT2D eigenvalue weighted by molar-refractivity contribution is 6.39. The van der Waals surface area contributed by atoms with Crippen LogP contribution in [0.4, 0.5) is 5.69 Å². The van der Waals surface area contributed by atoms with Gasteiger partial charge in [-0.25, -0.2) is 0 Å². The first kappa shape index (κ1) is 11.5. The summed E-state index contributed by atoms with van der Waals surface area (Å²) < 4.78 is 0. The van der Waals surface area contributed by atoms with E-state index in [4.69, 9.17) is 0 Å². The van der Waals surface area contributed by atoms with Crippen LogP contribution in [-0.2, 0) is 9.59 Å². The predicted octanol–water partition coefficient (Wildman–Crippen LogP) is -0.548. The van der Waals surface area contributed by atoms with E-state index in [-0.39, 0.29) is 0 Å². The number of rotatable bonds is 1. The fraction of sp³-hybridized carbons (Fsp3) is 0.364. The van der Waals surface area contributed by atoms with Gasteiger partial charge in [0.15, 0.2) is 0 Å². The summed E-state index contributed by atoms with van der Waals surface area (Å²) in [5.41, 5.74) is 0.529. The van der Waals surface area contributed by atoms with Crippen LogP contribution < -0.4 is 10.6 Å². The third-order valence-electron chi connectivity index (χ3n) is 2.52. The minimum Gasteiger partial charge on any atom is -0.332 e. The predicted molar refractivity (Wildman–Crippen MR) is 62.3 cm³/mol. The summed E-state index contributed by atoms with van der Waals surface area (Å²) in [4.78, 5) is 28.8. The van der Waals surface area contributed by atoms with Crippen molar-refractivity contribution >= 4 is 17.5 Å². The largest absolute Gasteiger partial charge is 0.332 e. The van der Waals surface area contributed by atoms with Crippen molar-refractivity contribution in [3.8, 4) is 0 Å². The number of carbonyl (C=O) groups excluding carboxylic acids is 2. The molecule has 90 valence electrons. The Kier molecular flexibility index (Phi) is 3.66. The molecule has 2 amide bonds. The van der Waals surface area contributed by atoms with Gasteiger partial charge in [-0.15, -0.1) is 0 Å². The highest BCUT2D eigenvalue weighted by Crippen LogP contribution is 2.03. The number of pyridine rings is 1. The molecular formula is C11H14N4O2. The first-order chi connectivity index (χ1) is 8.27. The minimum atomic E-state index is -0.611. The van der Waals surface area contributed by atoms with Crippen LogP contribution in [0.2, 0.25) is 0 Å². The van der Waals surface area contributed by atoms with E-state index in [0.717, 1.165) is 13.1 Å². The molecule has 2 rings (SSSR count). The summed E-state index contributed by atoms with van der Waals surface area (Å²) in [5, 5.41) is 5.65. The Bertz CT molecular complexity index is 401. The Morgan fingerprint density at radius 3 is 2.76 bits per heavy atom. The van der Waals surface area contributed by atoms with E-state index in [9.17, 15) is 9.59 Å². The molecule has 0 spiro atoms. The lowest BCUT2D eigenvalue weighted by Gasteiger charge is -2.26. The van der Waals surface area contributed by atoms with Gasteiger partial charge in [-0.2, -0.15) is 0 Å². The van der Waals surface area contributed by atoms with Crippen molar-refractivity contribution in [2.45, 2.75) is 0 Å². The van der Waals surface area contributed by atoms with Gasteiger partial charge >= 0.3 is 11.8 Å². The fourth-order valence-corrected chi connectivity index (χ4v) is 1.63. The number of aromatic nitrogens is 1. The van der Waals surface area contributed by atoms with Crippen LogP contribution in [0.3, 0.4) is 0 Å². The molecule has 0 aromatic carbocycles. The zero-order valence-electron chi connectivity index (χ0n) is 9.35. The van der Waals surface area contributed by atoms with Gasteiger partial charge in [0, 0.05) is 32.4 Å². The van der Waals surface area contributed by atoms with E-state index in [2.05, 4.69) is 15.6 Å². The van der Waals surface area contributed by atoms with Gasteiger partial charge in [-0.3, -0.25) is 14.6 Å². The van der Waals surface area contributed by atoms with Crippen LogP contribution >= 0.6 is 0 Å². The van der Waals surface area contributed by atoms with E-state index in [1.54, 1.807) is 23.2 Å². The zero-order chi connectivity index (χ0) is 12.1. The Balaban J connectivity index is 1.93. The van der Waals surface area contributed by atoms with E-state index in [1.807, 2.05) is 0 Å². The van der Waals surface area contributed by atoms with Gasteiger partial charge in [-0.1, -0.05) is 0 Å². The molecule has 0 radical (unpaired) electrons. The third kappa shape index (κ3) is 3.01. The minimum absolute atomic E-state index is 0.490. The molecule has 6 heteroatoms. The van der Waals surface area contributed by atoms with Crippen LogP contribution in [0.25, 0.3) is 0 Å². The van der Waals surface area contributed by atoms with Crippen molar-refractivity contribution in [2.24, 2.45) is 0 Å². The first-order valence-electron chi connectivity index (χ1n) is 5.48. The molecule has 1 aromatic heterocycles. The number of nitrogens with one attached hydrogen (secondary N) is 2. The molecule has 1 aromatic rings. The highest BCUT2D eigenvalue weighted by atomic mass is 16.2. The molecule has 17 heavy (non-hydrogen) atoms. The Morgan fingerprint density at radius 1 is 1.35 bits per heavy atom. The van der Waals surface area contributed by atoms with Gasteiger partial charge in [0.25, 0.3) is 0 Å². The number of amides is 2. The Hall–Kier alpha value is -1.95. The molecule has 1 aliphatic rings. The van der Waals surface area contributed by atoms with Crippen LogP contribution in [0, 0.1) is 0 Å². The van der Waals surface area contributed by atoms with E-state index >= 15 is 0 Å². The average molecular weight is 234 g/mol. The second-order valence-electron chi connectivity index (χ2n) is 3.74. The normalized spacial score (nSPS) is 15.4. The maximum atomic E-state index is 11.8. The molecule has 0 bridgehead atoms. The summed E-state index contributed by atoms with van der Waals surface area (Å²) in [7, 11) is 0. The lowest BCUT2D eigenvalue weighted by Crippen LogP contribution is -2.49. The van der Waals surface area contributed by atoms with Crippen LogP contribution in [0.1, 0.15) is 0 Å². The maximum absolute atomic E-state index is 11.8. The number of anilines is 1. The van der Waals surface area contributed by atoms with Crippen LogP contribution in [0.5, 0.6) is 0 Å². The number of hydrogen-bond donors (Lipinski definition) is 2. The van der Waals surface area contributed by atoms with E-state index in [1.165, 1.54) is 6.20 Å². The summed E-state index contributed by atoms with van der Waals surface area (Å²) in [6, 6.07) is 3.39. The molecule has 0 atom stereocenters. The monoisotopic (exact) mass is 234 g/mol. The van der Waals surface area contributed by atoms with E-state index < -0.39 is 11.8 Å². The molecule has 0 saturated carbocycles. The number of nitrogens with zero attached hydrogens (tertiary/aromatic N) is 2. The number of piperazine rings is 1. The zero-order valence-corrected chi connectivity index (χ0v) is 9.35. The van der Waals surface area contributed by atoms with Gasteiger partial charge in [0.2, 0.25) is 0 Å². The van der Waals surface area contributed by atoms with Crippen LogP contribution in [-0.4, -0.2) is 47.9 Å². The molecule has 0 aliphatic carbocycles. The van der Waals surface area contributed by atoms with E-state index in [0.29, 0.717) is 18.8 Å². The lowest BCUT2D eigenvalue weighted by atomic mass is 10.3. The van der Waals surface area contributed by atoms with Crippen molar-refractivity contribution in [1.29, 1.82) is 0 Å². The summed E-state index contributed by atoms with van der Waals surface area (Å²) in [6.45, 7) is 2.59. The molecule has 2 heterocycles. The summed E-state index contributed by atoms with van der Waals surface area (Å²) in [5.74, 6) is -1.10.